The van der Waals surface area contributed by atoms with Crippen LogP contribution in [-0.2, 0) is 11.2 Å². The number of rotatable bonds is 5. The van der Waals surface area contributed by atoms with E-state index in [4.69, 9.17) is 0 Å². The Morgan fingerprint density at radius 3 is 2.35 bits per heavy atom. The van der Waals surface area contributed by atoms with Crippen LogP contribution in [0.15, 0.2) is 42.5 Å². The van der Waals surface area contributed by atoms with Gasteiger partial charge in [-0.25, -0.2) is 13.6 Å². The lowest BCUT2D eigenvalue weighted by Gasteiger charge is -2.07. The van der Waals surface area contributed by atoms with E-state index < -0.39 is 17.6 Å². The third kappa shape index (κ3) is 4.60. The quantitative estimate of drug-likeness (QED) is 0.862. The molecule has 1 N–H and O–H groups in total. The van der Waals surface area contributed by atoms with Gasteiger partial charge in [0.1, 0.15) is 11.6 Å². The summed E-state index contributed by atoms with van der Waals surface area (Å²) in [6, 6.07) is 9.31. The average molecular weight is 319 g/mol. The number of hydrogen-bond donors (Lipinski definition) is 1. The first-order chi connectivity index (χ1) is 11.0. The van der Waals surface area contributed by atoms with Crippen molar-refractivity contribution in [2.45, 2.75) is 6.42 Å². The van der Waals surface area contributed by atoms with Gasteiger partial charge < -0.3 is 10.1 Å². The topological polar surface area (TPSA) is 55.4 Å². The number of halogens is 2. The van der Waals surface area contributed by atoms with Gasteiger partial charge in [-0.1, -0.05) is 6.07 Å². The molecule has 0 unspecified atom stereocenters. The van der Waals surface area contributed by atoms with Crippen LogP contribution in [0.3, 0.4) is 0 Å². The summed E-state index contributed by atoms with van der Waals surface area (Å²) >= 11 is 0. The maximum atomic E-state index is 13.1. The van der Waals surface area contributed by atoms with Gasteiger partial charge in [0.05, 0.1) is 12.7 Å². The molecule has 0 heterocycles. The second-order valence-electron chi connectivity index (χ2n) is 4.86. The Kier molecular flexibility index (Phi) is 5.41. The summed E-state index contributed by atoms with van der Waals surface area (Å²) in [6.45, 7) is 0.212. The van der Waals surface area contributed by atoms with E-state index in [1.54, 1.807) is 12.1 Å². The number of benzene rings is 2. The van der Waals surface area contributed by atoms with E-state index in [9.17, 15) is 18.4 Å². The molecular formula is C17H15F2NO3. The molecule has 0 radical (unpaired) electrons. The molecule has 23 heavy (non-hydrogen) atoms. The van der Waals surface area contributed by atoms with Crippen LogP contribution in [0, 0.1) is 11.6 Å². The monoisotopic (exact) mass is 319 g/mol. The first kappa shape index (κ1) is 16.6. The van der Waals surface area contributed by atoms with E-state index in [-0.39, 0.29) is 24.4 Å². The molecule has 0 atom stereocenters. The zero-order valence-electron chi connectivity index (χ0n) is 12.4. The fourth-order valence-electron chi connectivity index (χ4n) is 2.08. The Hall–Kier alpha value is -2.76. The second-order valence-corrected chi connectivity index (χ2v) is 4.86. The number of ether oxygens (including phenoxy) is 1. The fourth-order valence-corrected chi connectivity index (χ4v) is 2.08. The molecule has 0 spiro atoms. The summed E-state index contributed by atoms with van der Waals surface area (Å²) in [7, 11) is 1.26. The number of carbonyl (C=O) groups excluding carboxylic acids is 2. The smallest absolute Gasteiger partial charge is 0.337 e. The number of esters is 1. The van der Waals surface area contributed by atoms with E-state index in [1.165, 1.54) is 31.4 Å². The van der Waals surface area contributed by atoms with Gasteiger partial charge in [0.15, 0.2) is 0 Å². The summed E-state index contributed by atoms with van der Waals surface area (Å²) in [5.74, 6) is -2.23. The van der Waals surface area contributed by atoms with E-state index in [2.05, 4.69) is 10.1 Å². The van der Waals surface area contributed by atoms with Crippen LogP contribution in [0.2, 0.25) is 0 Å². The van der Waals surface area contributed by atoms with Crippen molar-refractivity contribution in [1.82, 2.24) is 5.32 Å². The van der Waals surface area contributed by atoms with E-state index in [1.807, 2.05) is 0 Å². The van der Waals surface area contributed by atoms with Crippen molar-refractivity contribution in [2.75, 3.05) is 13.7 Å². The summed E-state index contributed by atoms with van der Waals surface area (Å²) in [5, 5.41) is 2.63. The molecule has 4 nitrogen and oxygen atoms in total. The summed E-state index contributed by atoms with van der Waals surface area (Å²) in [4.78, 5) is 23.4. The van der Waals surface area contributed by atoms with Gasteiger partial charge in [0, 0.05) is 18.2 Å². The van der Waals surface area contributed by atoms with Gasteiger partial charge in [0.2, 0.25) is 0 Å². The fraction of sp³-hybridized carbons (Fsp3) is 0.176. The molecule has 0 aliphatic carbocycles. The van der Waals surface area contributed by atoms with E-state index in [0.717, 1.165) is 6.07 Å². The Balaban J connectivity index is 1.96. The molecule has 0 bridgehead atoms. The first-order valence-corrected chi connectivity index (χ1v) is 6.91. The Morgan fingerprint density at radius 2 is 1.70 bits per heavy atom. The Bertz CT molecular complexity index is 711. The van der Waals surface area contributed by atoms with Crippen molar-refractivity contribution < 1.29 is 23.1 Å². The zero-order valence-corrected chi connectivity index (χ0v) is 12.4. The van der Waals surface area contributed by atoms with Gasteiger partial charge in [-0.15, -0.1) is 0 Å². The van der Waals surface area contributed by atoms with Gasteiger partial charge >= 0.3 is 5.97 Å². The molecule has 1 amide bonds. The van der Waals surface area contributed by atoms with E-state index >= 15 is 0 Å². The largest absolute Gasteiger partial charge is 0.465 e. The molecule has 2 rings (SSSR count). The highest BCUT2D eigenvalue weighted by molar-refractivity contribution is 5.97. The molecule has 0 fully saturated rings. The normalized spacial score (nSPS) is 10.2. The Labute approximate surface area is 132 Å². The number of nitrogens with one attached hydrogen (secondary N) is 1. The van der Waals surface area contributed by atoms with Crippen LogP contribution in [0.4, 0.5) is 8.78 Å². The van der Waals surface area contributed by atoms with Gasteiger partial charge in [-0.05, 0) is 42.3 Å². The predicted octanol–water partition coefficient (Wildman–Crippen LogP) is 2.72. The number of amides is 1. The molecule has 0 saturated heterocycles. The highest BCUT2D eigenvalue weighted by Crippen LogP contribution is 2.09. The van der Waals surface area contributed by atoms with Gasteiger partial charge in [-0.2, -0.15) is 0 Å². The third-order valence-corrected chi connectivity index (χ3v) is 3.17. The number of carbonyl (C=O) groups is 2. The minimum atomic E-state index is -0.655. The minimum absolute atomic E-state index is 0.212. The van der Waals surface area contributed by atoms with Crippen molar-refractivity contribution >= 4 is 11.9 Å². The van der Waals surface area contributed by atoms with Gasteiger partial charge in [-0.3, -0.25) is 4.79 Å². The molecule has 6 heteroatoms. The molecule has 0 aliphatic rings. The van der Waals surface area contributed by atoms with Crippen molar-refractivity contribution in [3.8, 4) is 0 Å². The van der Waals surface area contributed by atoms with Crippen LogP contribution in [0.5, 0.6) is 0 Å². The van der Waals surface area contributed by atoms with E-state index in [0.29, 0.717) is 11.1 Å². The second kappa shape index (κ2) is 7.49. The van der Waals surface area contributed by atoms with Crippen molar-refractivity contribution in [3.63, 3.8) is 0 Å². The average Bonchev–Trinajstić information content (AvgIpc) is 2.53. The summed E-state index contributed by atoms with van der Waals surface area (Å²) in [5.41, 5.74) is 1.02. The predicted molar refractivity (Wildman–Crippen MR) is 80.2 cm³/mol. The van der Waals surface area contributed by atoms with Crippen LogP contribution < -0.4 is 5.32 Å². The molecule has 120 valence electrons. The Morgan fingerprint density at radius 1 is 1.04 bits per heavy atom. The molecule has 0 aliphatic heterocycles. The van der Waals surface area contributed by atoms with Crippen molar-refractivity contribution in [1.29, 1.82) is 0 Å². The standard InChI is InChI=1S/C17H15F2NO3/c1-23-17(22)13-4-2-3-12(9-13)16(21)20-6-5-11-7-14(18)10-15(19)8-11/h2-4,7-10H,5-6H2,1H3,(H,20,21). The summed E-state index contributed by atoms with van der Waals surface area (Å²) < 4.78 is 30.7. The molecule has 2 aromatic carbocycles. The van der Waals surface area contributed by atoms with Crippen molar-refractivity contribution in [2.24, 2.45) is 0 Å². The van der Waals surface area contributed by atoms with Gasteiger partial charge in [0.25, 0.3) is 5.91 Å². The lowest BCUT2D eigenvalue weighted by atomic mass is 10.1. The zero-order chi connectivity index (χ0) is 16.8. The minimum Gasteiger partial charge on any atom is -0.465 e. The van der Waals surface area contributed by atoms with Crippen LogP contribution in [-0.4, -0.2) is 25.5 Å². The maximum absolute atomic E-state index is 13.1. The molecule has 2 aromatic rings. The third-order valence-electron chi connectivity index (χ3n) is 3.17. The van der Waals surface area contributed by atoms with Crippen LogP contribution in [0.1, 0.15) is 26.3 Å². The van der Waals surface area contributed by atoms with Crippen molar-refractivity contribution in [3.05, 3.63) is 70.8 Å². The summed E-state index contributed by atoms with van der Waals surface area (Å²) in [6.07, 6.45) is 0.289. The molecule has 0 aromatic heterocycles. The molecule has 0 saturated carbocycles. The lowest BCUT2D eigenvalue weighted by molar-refractivity contribution is 0.0600. The first-order valence-electron chi connectivity index (χ1n) is 6.91. The van der Waals surface area contributed by atoms with Crippen LogP contribution >= 0.6 is 0 Å². The molecular weight excluding hydrogens is 304 g/mol. The number of hydrogen-bond acceptors (Lipinski definition) is 3. The van der Waals surface area contributed by atoms with Crippen LogP contribution in [0.25, 0.3) is 0 Å². The SMILES string of the molecule is COC(=O)c1cccc(C(=O)NCCc2cc(F)cc(F)c2)c1. The number of methoxy groups -OCH3 is 1. The highest BCUT2D eigenvalue weighted by Gasteiger charge is 2.10. The lowest BCUT2D eigenvalue weighted by Crippen LogP contribution is -2.26. The highest BCUT2D eigenvalue weighted by atomic mass is 19.1. The maximum Gasteiger partial charge on any atom is 0.337 e.